The molecule has 3 heteroatoms. The average molecular weight is 210 g/mol. The summed E-state index contributed by atoms with van der Waals surface area (Å²) < 4.78 is 0. The molecule has 1 saturated carbocycles. The van der Waals surface area contributed by atoms with Gasteiger partial charge in [0, 0.05) is 24.5 Å². The van der Waals surface area contributed by atoms with Crippen molar-refractivity contribution in [3.8, 4) is 0 Å². The Morgan fingerprint density at radius 1 is 1.47 bits per heavy atom. The van der Waals surface area contributed by atoms with Gasteiger partial charge < -0.3 is 10.6 Å². The fraction of sp³-hybridized carbons (Fsp3) is 0.917. The molecule has 0 aromatic rings. The van der Waals surface area contributed by atoms with Crippen molar-refractivity contribution in [1.82, 2.24) is 4.90 Å². The zero-order valence-corrected chi connectivity index (χ0v) is 9.83. The third-order valence-electron chi connectivity index (χ3n) is 3.99. The standard InChI is InChI=1S/C12H22N2O/c1-3-4-12(5-6-12)11(15)14-7-9(2)10(13)8-14/h9-10H,3-8,13H2,1-2H3. The van der Waals surface area contributed by atoms with Gasteiger partial charge in [0.05, 0.1) is 0 Å². The van der Waals surface area contributed by atoms with Crippen LogP contribution in [0.4, 0.5) is 0 Å². The molecular weight excluding hydrogens is 188 g/mol. The molecule has 86 valence electrons. The molecule has 0 bridgehead atoms. The zero-order chi connectivity index (χ0) is 11.1. The van der Waals surface area contributed by atoms with E-state index < -0.39 is 0 Å². The number of carbonyl (C=O) groups is 1. The van der Waals surface area contributed by atoms with Crippen molar-refractivity contribution in [2.75, 3.05) is 13.1 Å². The van der Waals surface area contributed by atoms with E-state index in [1.165, 1.54) is 0 Å². The van der Waals surface area contributed by atoms with Gasteiger partial charge in [0.1, 0.15) is 0 Å². The summed E-state index contributed by atoms with van der Waals surface area (Å²) in [4.78, 5) is 14.3. The molecule has 2 unspecified atom stereocenters. The number of hydrogen-bond donors (Lipinski definition) is 1. The molecule has 1 aliphatic heterocycles. The second kappa shape index (κ2) is 3.78. The van der Waals surface area contributed by atoms with Crippen LogP contribution in [0, 0.1) is 11.3 Å². The molecule has 1 heterocycles. The van der Waals surface area contributed by atoms with Gasteiger partial charge in [-0.1, -0.05) is 20.3 Å². The lowest BCUT2D eigenvalue weighted by atomic mass is 9.99. The fourth-order valence-corrected chi connectivity index (χ4v) is 2.69. The highest BCUT2D eigenvalue weighted by Gasteiger charge is 2.51. The van der Waals surface area contributed by atoms with Crippen LogP contribution in [-0.4, -0.2) is 29.9 Å². The molecule has 1 aliphatic carbocycles. The molecule has 2 atom stereocenters. The minimum Gasteiger partial charge on any atom is -0.340 e. The molecular formula is C12H22N2O. The first-order valence-electron chi connectivity index (χ1n) is 6.14. The van der Waals surface area contributed by atoms with E-state index in [0.717, 1.165) is 38.8 Å². The summed E-state index contributed by atoms with van der Waals surface area (Å²) in [6.07, 6.45) is 4.37. The van der Waals surface area contributed by atoms with Crippen LogP contribution in [0.2, 0.25) is 0 Å². The second-order valence-electron chi connectivity index (χ2n) is 5.38. The topological polar surface area (TPSA) is 46.3 Å². The van der Waals surface area contributed by atoms with Gasteiger partial charge in [0.15, 0.2) is 0 Å². The summed E-state index contributed by atoms with van der Waals surface area (Å²) in [6.45, 7) is 5.93. The van der Waals surface area contributed by atoms with Gasteiger partial charge in [-0.15, -0.1) is 0 Å². The SMILES string of the molecule is CCCC1(C(=O)N2CC(C)C(N)C2)CC1. The Hall–Kier alpha value is -0.570. The van der Waals surface area contributed by atoms with Crippen LogP contribution in [0.1, 0.15) is 39.5 Å². The van der Waals surface area contributed by atoms with E-state index in [4.69, 9.17) is 5.73 Å². The molecule has 2 rings (SSSR count). The maximum absolute atomic E-state index is 12.3. The van der Waals surface area contributed by atoms with Gasteiger partial charge in [-0.05, 0) is 25.2 Å². The smallest absolute Gasteiger partial charge is 0.228 e. The van der Waals surface area contributed by atoms with Crippen molar-refractivity contribution in [3.05, 3.63) is 0 Å². The van der Waals surface area contributed by atoms with E-state index in [2.05, 4.69) is 13.8 Å². The molecule has 0 spiro atoms. The summed E-state index contributed by atoms with van der Waals surface area (Å²) >= 11 is 0. The van der Waals surface area contributed by atoms with Crippen LogP contribution in [0.25, 0.3) is 0 Å². The number of nitrogens with two attached hydrogens (primary N) is 1. The van der Waals surface area contributed by atoms with E-state index in [1.807, 2.05) is 4.90 Å². The Kier molecular flexibility index (Phi) is 2.75. The number of nitrogens with zero attached hydrogens (tertiary/aromatic N) is 1. The van der Waals surface area contributed by atoms with Gasteiger partial charge >= 0.3 is 0 Å². The lowest BCUT2D eigenvalue weighted by Crippen LogP contribution is -2.37. The summed E-state index contributed by atoms with van der Waals surface area (Å²) in [5, 5.41) is 0. The van der Waals surface area contributed by atoms with Crippen molar-refractivity contribution >= 4 is 5.91 Å². The highest BCUT2D eigenvalue weighted by Crippen LogP contribution is 2.51. The Labute approximate surface area is 92.0 Å². The third kappa shape index (κ3) is 1.89. The molecule has 0 radical (unpaired) electrons. The van der Waals surface area contributed by atoms with Crippen LogP contribution >= 0.6 is 0 Å². The van der Waals surface area contributed by atoms with Gasteiger partial charge in [-0.3, -0.25) is 4.79 Å². The van der Waals surface area contributed by atoms with Crippen molar-refractivity contribution in [2.45, 2.75) is 45.6 Å². The Balaban J connectivity index is 1.97. The van der Waals surface area contributed by atoms with Gasteiger partial charge in [-0.2, -0.15) is 0 Å². The van der Waals surface area contributed by atoms with Gasteiger partial charge in [-0.25, -0.2) is 0 Å². The number of amides is 1. The van der Waals surface area contributed by atoms with Gasteiger partial charge in [0.25, 0.3) is 0 Å². The highest BCUT2D eigenvalue weighted by atomic mass is 16.2. The zero-order valence-electron chi connectivity index (χ0n) is 9.83. The molecule has 2 aliphatic rings. The quantitative estimate of drug-likeness (QED) is 0.764. The van der Waals surface area contributed by atoms with E-state index in [-0.39, 0.29) is 11.5 Å². The Bertz CT molecular complexity index is 250. The third-order valence-corrected chi connectivity index (χ3v) is 3.99. The summed E-state index contributed by atoms with van der Waals surface area (Å²) in [6, 6.07) is 0.186. The average Bonchev–Trinajstić information content (AvgIpc) is 2.90. The first-order chi connectivity index (χ1) is 7.09. The van der Waals surface area contributed by atoms with E-state index >= 15 is 0 Å². The first kappa shape index (κ1) is 10.9. The lowest BCUT2D eigenvalue weighted by molar-refractivity contribution is -0.136. The van der Waals surface area contributed by atoms with Crippen molar-refractivity contribution in [3.63, 3.8) is 0 Å². The number of carbonyl (C=O) groups excluding carboxylic acids is 1. The van der Waals surface area contributed by atoms with Crippen molar-refractivity contribution in [2.24, 2.45) is 17.1 Å². The van der Waals surface area contributed by atoms with Crippen molar-refractivity contribution in [1.29, 1.82) is 0 Å². The monoisotopic (exact) mass is 210 g/mol. The Morgan fingerprint density at radius 3 is 2.53 bits per heavy atom. The summed E-state index contributed by atoms with van der Waals surface area (Å²) in [7, 11) is 0. The predicted octanol–water partition coefficient (Wildman–Crippen LogP) is 1.37. The van der Waals surface area contributed by atoms with Gasteiger partial charge in [0.2, 0.25) is 5.91 Å². The van der Waals surface area contributed by atoms with Crippen LogP contribution < -0.4 is 5.73 Å². The fourth-order valence-electron chi connectivity index (χ4n) is 2.69. The lowest BCUT2D eigenvalue weighted by Gasteiger charge is -2.22. The van der Waals surface area contributed by atoms with E-state index in [0.29, 0.717) is 11.8 Å². The minimum absolute atomic E-state index is 0.0263. The van der Waals surface area contributed by atoms with Crippen LogP contribution in [0.15, 0.2) is 0 Å². The first-order valence-corrected chi connectivity index (χ1v) is 6.14. The van der Waals surface area contributed by atoms with E-state index in [9.17, 15) is 4.79 Å². The normalized spacial score (nSPS) is 33.1. The maximum Gasteiger partial charge on any atom is 0.228 e. The molecule has 2 fully saturated rings. The largest absolute Gasteiger partial charge is 0.340 e. The molecule has 0 aromatic heterocycles. The second-order valence-corrected chi connectivity index (χ2v) is 5.38. The minimum atomic E-state index is 0.0263. The number of rotatable bonds is 3. The molecule has 3 nitrogen and oxygen atoms in total. The molecule has 15 heavy (non-hydrogen) atoms. The number of likely N-dealkylation sites (tertiary alicyclic amines) is 1. The summed E-state index contributed by atoms with van der Waals surface area (Å²) in [5.74, 6) is 0.843. The highest BCUT2D eigenvalue weighted by molar-refractivity contribution is 5.85. The predicted molar refractivity (Wildman–Crippen MR) is 60.3 cm³/mol. The van der Waals surface area contributed by atoms with Crippen molar-refractivity contribution < 1.29 is 4.79 Å². The van der Waals surface area contributed by atoms with Crippen LogP contribution in [-0.2, 0) is 4.79 Å². The van der Waals surface area contributed by atoms with Crippen LogP contribution in [0.5, 0.6) is 0 Å². The summed E-state index contributed by atoms with van der Waals surface area (Å²) in [5.41, 5.74) is 5.98. The van der Waals surface area contributed by atoms with E-state index in [1.54, 1.807) is 0 Å². The number of hydrogen-bond acceptors (Lipinski definition) is 2. The molecule has 1 amide bonds. The van der Waals surface area contributed by atoms with Crippen LogP contribution in [0.3, 0.4) is 0 Å². The molecule has 0 aromatic carbocycles. The maximum atomic E-state index is 12.3. The molecule has 1 saturated heterocycles. The molecule has 2 N–H and O–H groups in total. The Morgan fingerprint density at radius 2 is 2.13 bits per heavy atom.